The van der Waals surface area contributed by atoms with Crippen LogP contribution >= 0.6 is 11.6 Å². The van der Waals surface area contributed by atoms with E-state index in [1.807, 2.05) is 26.8 Å². The van der Waals surface area contributed by atoms with Gasteiger partial charge in [0, 0.05) is 24.4 Å². The molecule has 2 aromatic rings. The van der Waals surface area contributed by atoms with E-state index in [1.54, 1.807) is 23.2 Å². The van der Waals surface area contributed by atoms with E-state index < -0.39 is 5.60 Å². The van der Waals surface area contributed by atoms with Crippen LogP contribution in [-0.2, 0) is 4.74 Å². The summed E-state index contributed by atoms with van der Waals surface area (Å²) >= 11 is 6.07. The number of aromatic nitrogens is 2. The number of hydrogen-bond acceptors (Lipinski definition) is 5. The highest BCUT2D eigenvalue weighted by Gasteiger charge is 2.38. The molecular formula is C16H18ClN3O3. The molecule has 0 unspecified atom stereocenters. The van der Waals surface area contributed by atoms with Gasteiger partial charge in [-0.25, -0.2) is 9.78 Å². The highest BCUT2D eigenvalue weighted by molar-refractivity contribution is 6.32. The van der Waals surface area contributed by atoms with E-state index in [4.69, 9.17) is 20.9 Å². The molecule has 7 heteroatoms. The topological polar surface area (TPSA) is 68.5 Å². The summed E-state index contributed by atoms with van der Waals surface area (Å²) in [5.41, 5.74) is 0.786. The Balaban J connectivity index is 1.76. The zero-order valence-corrected chi connectivity index (χ0v) is 14.0. The molecule has 122 valence electrons. The van der Waals surface area contributed by atoms with Crippen molar-refractivity contribution in [2.45, 2.75) is 38.8 Å². The van der Waals surface area contributed by atoms with Crippen LogP contribution in [0.2, 0.25) is 5.15 Å². The highest BCUT2D eigenvalue weighted by atomic mass is 35.5. The Labute approximate surface area is 139 Å². The Hall–Kier alpha value is -2.08. The second-order valence-corrected chi connectivity index (χ2v) is 6.79. The number of carbonyl (C=O) groups is 1. The van der Waals surface area contributed by atoms with Crippen LogP contribution in [-0.4, -0.2) is 33.3 Å². The third-order valence-electron chi connectivity index (χ3n) is 3.54. The molecule has 0 aromatic carbocycles. The van der Waals surface area contributed by atoms with E-state index in [0.717, 1.165) is 6.42 Å². The average molecular weight is 336 g/mol. The van der Waals surface area contributed by atoms with E-state index in [0.29, 0.717) is 28.7 Å². The number of ether oxygens (including phenoxy) is 1. The summed E-state index contributed by atoms with van der Waals surface area (Å²) < 4.78 is 10.8. The molecule has 0 saturated carbocycles. The molecular weight excluding hydrogens is 318 g/mol. The largest absolute Gasteiger partial charge is 0.444 e. The van der Waals surface area contributed by atoms with Crippen LogP contribution < -0.4 is 0 Å². The molecule has 6 nitrogen and oxygen atoms in total. The predicted molar refractivity (Wildman–Crippen MR) is 85.0 cm³/mol. The number of amides is 1. The van der Waals surface area contributed by atoms with Gasteiger partial charge in [-0.15, -0.1) is 0 Å². The second kappa shape index (κ2) is 5.85. The lowest BCUT2D eigenvalue weighted by atomic mass is 10.0. The van der Waals surface area contributed by atoms with Gasteiger partial charge in [-0.3, -0.25) is 4.90 Å². The van der Waals surface area contributed by atoms with Crippen molar-refractivity contribution in [2.75, 3.05) is 6.54 Å². The van der Waals surface area contributed by atoms with Gasteiger partial charge in [-0.05, 0) is 39.3 Å². The van der Waals surface area contributed by atoms with Crippen LogP contribution in [0.4, 0.5) is 4.79 Å². The first kappa shape index (κ1) is 15.8. The van der Waals surface area contributed by atoms with Crippen molar-refractivity contribution < 1.29 is 14.1 Å². The molecule has 0 N–H and O–H groups in total. The molecule has 0 bridgehead atoms. The lowest BCUT2D eigenvalue weighted by Gasteiger charge is -2.39. The van der Waals surface area contributed by atoms with E-state index >= 15 is 0 Å². The Morgan fingerprint density at radius 1 is 1.48 bits per heavy atom. The maximum absolute atomic E-state index is 12.2. The molecule has 1 amide bonds. The summed E-state index contributed by atoms with van der Waals surface area (Å²) in [4.78, 5) is 17.8. The van der Waals surface area contributed by atoms with Crippen molar-refractivity contribution >= 4 is 17.7 Å². The summed E-state index contributed by atoms with van der Waals surface area (Å²) in [5.74, 6) is 0.622. The molecule has 0 spiro atoms. The zero-order valence-electron chi connectivity index (χ0n) is 13.2. The summed E-state index contributed by atoms with van der Waals surface area (Å²) in [5, 5.41) is 4.41. The molecule has 23 heavy (non-hydrogen) atoms. The Morgan fingerprint density at radius 2 is 2.26 bits per heavy atom. The molecule has 1 aliphatic rings. The van der Waals surface area contributed by atoms with Crippen LogP contribution in [0.1, 0.15) is 39.0 Å². The minimum Gasteiger partial charge on any atom is -0.444 e. The number of hydrogen-bond donors (Lipinski definition) is 0. The van der Waals surface area contributed by atoms with Crippen molar-refractivity contribution in [3.8, 4) is 11.3 Å². The maximum Gasteiger partial charge on any atom is 0.410 e. The van der Waals surface area contributed by atoms with Crippen LogP contribution in [0.25, 0.3) is 11.3 Å². The van der Waals surface area contributed by atoms with E-state index in [1.165, 1.54) is 0 Å². The lowest BCUT2D eigenvalue weighted by Crippen LogP contribution is -2.47. The lowest BCUT2D eigenvalue weighted by molar-refractivity contribution is -0.0108. The molecule has 0 radical (unpaired) electrons. The van der Waals surface area contributed by atoms with Gasteiger partial charge in [-0.1, -0.05) is 16.8 Å². The average Bonchev–Trinajstić information content (AvgIpc) is 2.84. The minimum absolute atomic E-state index is 0.151. The molecule has 0 aliphatic carbocycles. The van der Waals surface area contributed by atoms with Crippen LogP contribution in [0.5, 0.6) is 0 Å². The third-order valence-corrected chi connectivity index (χ3v) is 3.84. The predicted octanol–water partition coefficient (Wildman–Crippen LogP) is 4.07. The fourth-order valence-corrected chi connectivity index (χ4v) is 2.59. The van der Waals surface area contributed by atoms with Gasteiger partial charge in [0.25, 0.3) is 0 Å². The van der Waals surface area contributed by atoms with Gasteiger partial charge in [-0.2, -0.15) is 0 Å². The maximum atomic E-state index is 12.2. The molecule has 1 aliphatic heterocycles. The fraction of sp³-hybridized carbons (Fsp3) is 0.438. The minimum atomic E-state index is -0.521. The van der Waals surface area contributed by atoms with Crippen LogP contribution in [0.15, 0.2) is 28.9 Å². The molecule has 2 aromatic heterocycles. The number of nitrogens with zero attached hydrogens (tertiary/aromatic N) is 3. The Kier molecular flexibility index (Phi) is 4.02. The monoisotopic (exact) mass is 335 g/mol. The highest BCUT2D eigenvalue weighted by Crippen LogP contribution is 2.36. The van der Waals surface area contributed by atoms with Crippen LogP contribution in [0.3, 0.4) is 0 Å². The molecule has 3 rings (SSSR count). The summed E-state index contributed by atoms with van der Waals surface area (Å²) in [6.07, 6.45) is 2.09. The van der Waals surface area contributed by atoms with Crippen molar-refractivity contribution in [3.05, 3.63) is 35.3 Å². The van der Waals surface area contributed by atoms with Crippen molar-refractivity contribution in [1.29, 1.82) is 0 Å². The van der Waals surface area contributed by atoms with Crippen LogP contribution in [0, 0.1) is 0 Å². The van der Waals surface area contributed by atoms with Gasteiger partial charge in [0.1, 0.15) is 16.4 Å². The number of carbonyl (C=O) groups excluding carboxylic acids is 1. The Bertz CT molecular complexity index is 723. The van der Waals surface area contributed by atoms with Gasteiger partial charge in [0.15, 0.2) is 5.76 Å². The van der Waals surface area contributed by atoms with E-state index in [9.17, 15) is 4.79 Å². The molecule has 1 fully saturated rings. The summed E-state index contributed by atoms with van der Waals surface area (Å²) in [6, 6.07) is 5.25. The first-order valence-corrected chi connectivity index (χ1v) is 7.80. The number of rotatable bonds is 2. The smallest absolute Gasteiger partial charge is 0.410 e. The first-order chi connectivity index (χ1) is 10.8. The Morgan fingerprint density at radius 3 is 2.87 bits per heavy atom. The SMILES string of the molecule is CC(C)(C)OC(=O)N1CC[C@H]1c1cc(-c2cccnc2Cl)no1. The normalized spacial score (nSPS) is 17.7. The van der Waals surface area contributed by atoms with E-state index in [2.05, 4.69) is 10.1 Å². The zero-order chi connectivity index (χ0) is 16.6. The quantitative estimate of drug-likeness (QED) is 0.774. The first-order valence-electron chi connectivity index (χ1n) is 7.42. The summed E-state index contributed by atoms with van der Waals surface area (Å²) in [6.45, 7) is 6.17. The summed E-state index contributed by atoms with van der Waals surface area (Å²) in [7, 11) is 0. The molecule has 3 heterocycles. The van der Waals surface area contributed by atoms with Gasteiger partial charge >= 0.3 is 6.09 Å². The van der Waals surface area contributed by atoms with Gasteiger partial charge in [0.2, 0.25) is 0 Å². The van der Waals surface area contributed by atoms with Crippen molar-refractivity contribution in [2.24, 2.45) is 0 Å². The van der Waals surface area contributed by atoms with Crippen molar-refractivity contribution in [3.63, 3.8) is 0 Å². The molecule has 1 saturated heterocycles. The van der Waals surface area contributed by atoms with Crippen molar-refractivity contribution in [1.82, 2.24) is 15.0 Å². The third kappa shape index (κ3) is 3.32. The number of likely N-dealkylation sites (tertiary alicyclic amines) is 1. The van der Waals surface area contributed by atoms with E-state index in [-0.39, 0.29) is 12.1 Å². The standard InChI is InChI=1S/C16H18ClN3O3/c1-16(2,3)22-15(21)20-8-6-12(20)13-9-11(19-23-13)10-5-4-7-18-14(10)17/h4-5,7,9,12H,6,8H2,1-3H3/t12-/m0/s1. The number of pyridine rings is 1. The fourth-order valence-electron chi connectivity index (χ4n) is 2.37. The van der Waals surface area contributed by atoms with Gasteiger partial charge in [0.05, 0.1) is 6.04 Å². The molecule has 1 atom stereocenters. The number of halogens is 1. The van der Waals surface area contributed by atoms with Gasteiger partial charge < -0.3 is 9.26 Å². The second-order valence-electron chi connectivity index (χ2n) is 6.43.